The Hall–Kier alpha value is -1.14. The van der Waals surface area contributed by atoms with Crippen molar-refractivity contribution in [1.82, 2.24) is 9.62 Å². The van der Waals surface area contributed by atoms with E-state index in [0.717, 1.165) is 42.7 Å². The van der Waals surface area contributed by atoms with Gasteiger partial charge in [-0.3, -0.25) is 0 Å². The standard InChI is InChI=1S/C19H26N2O2S.ClH/c1-16-9-13-21(14-10-16)12-4-11-20-24(22,23)19-8-7-17-5-2-3-6-18(17)15-19;/h2-3,5-8,15-16,20H,4,9-14H2,1H3;1H. The van der Waals surface area contributed by atoms with Gasteiger partial charge in [0.05, 0.1) is 4.90 Å². The van der Waals surface area contributed by atoms with Crippen molar-refractivity contribution in [3.63, 3.8) is 0 Å². The van der Waals surface area contributed by atoms with Gasteiger partial charge in [0.2, 0.25) is 10.0 Å². The number of rotatable bonds is 6. The molecule has 6 heteroatoms. The van der Waals surface area contributed by atoms with Gasteiger partial charge >= 0.3 is 0 Å². The zero-order valence-electron chi connectivity index (χ0n) is 14.6. The maximum absolute atomic E-state index is 12.4. The fraction of sp³-hybridized carbons (Fsp3) is 0.474. The van der Waals surface area contributed by atoms with Gasteiger partial charge in [-0.25, -0.2) is 13.1 Å². The molecule has 1 heterocycles. The Morgan fingerprint density at radius 3 is 2.48 bits per heavy atom. The van der Waals surface area contributed by atoms with Crippen LogP contribution in [-0.2, 0) is 10.0 Å². The van der Waals surface area contributed by atoms with Crippen LogP contribution in [0.15, 0.2) is 47.4 Å². The van der Waals surface area contributed by atoms with E-state index in [0.29, 0.717) is 11.4 Å². The van der Waals surface area contributed by atoms with Crippen LogP contribution in [0.4, 0.5) is 0 Å². The molecule has 0 bridgehead atoms. The summed E-state index contributed by atoms with van der Waals surface area (Å²) in [4.78, 5) is 2.78. The summed E-state index contributed by atoms with van der Waals surface area (Å²) in [5.74, 6) is 0.827. The Morgan fingerprint density at radius 2 is 1.76 bits per heavy atom. The molecule has 138 valence electrons. The van der Waals surface area contributed by atoms with E-state index in [9.17, 15) is 8.42 Å². The minimum Gasteiger partial charge on any atom is -0.303 e. The molecule has 0 radical (unpaired) electrons. The highest BCUT2D eigenvalue weighted by molar-refractivity contribution is 7.89. The third-order valence-electron chi connectivity index (χ3n) is 4.85. The van der Waals surface area contributed by atoms with Crippen molar-refractivity contribution in [3.8, 4) is 0 Å². The number of nitrogens with zero attached hydrogens (tertiary/aromatic N) is 1. The number of benzene rings is 2. The van der Waals surface area contributed by atoms with E-state index in [-0.39, 0.29) is 12.4 Å². The molecule has 1 N–H and O–H groups in total. The number of fused-ring (bicyclic) bond motifs is 1. The van der Waals surface area contributed by atoms with Crippen molar-refractivity contribution < 1.29 is 8.42 Å². The molecule has 0 aromatic heterocycles. The van der Waals surface area contributed by atoms with E-state index < -0.39 is 10.0 Å². The normalized spacial score (nSPS) is 16.7. The van der Waals surface area contributed by atoms with Crippen molar-refractivity contribution in [2.45, 2.75) is 31.1 Å². The molecule has 1 saturated heterocycles. The Labute approximate surface area is 157 Å². The highest BCUT2D eigenvalue weighted by Crippen LogP contribution is 2.19. The second-order valence-electron chi connectivity index (χ2n) is 6.78. The summed E-state index contributed by atoms with van der Waals surface area (Å²) in [5, 5.41) is 2.00. The van der Waals surface area contributed by atoms with E-state index in [4.69, 9.17) is 0 Å². The lowest BCUT2D eigenvalue weighted by Gasteiger charge is -2.30. The molecule has 2 aromatic carbocycles. The maximum atomic E-state index is 12.4. The summed E-state index contributed by atoms with van der Waals surface area (Å²) in [5.41, 5.74) is 0. The van der Waals surface area contributed by atoms with Gasteiger partial charge in [-0.1, -0.05) is 37.3 Å². The van der Waals surface area contributed by atoms with E-state index >= 15 is 0 Å². The lowest BCUT2D eigenvalue weighted by molar-refractivity contribution is 0.191. The molecule has 1 fully saturated rings. The van der Waals surface area contributed by atoms with E-state index in [2.05, 4.69) is 16.5 Å². The average Bonchev–Trinajstić information content (AvgIpc) is 2.60. The van der Waals surface area contributed by atoms with Gasteiger partial charge in [-0.2, -0.15) is 0 Å². The molecule has 0 saturated carbocycles. The first-order valence-electron chi connectivity index (χ1n) is 8.75. The molecule has 4 nitrogen and oxygen atoms in total. The van der Waals surface area contributed by atoms with Crippen LogP contribution >= 0.6 is 12.4 Å². The first-order valence-corrected chi connectivity index (χ1v) is 10.2. The predicted molar refractivity (Wildman–Crippen MR) is 106 cm³/mol. The number of hydrogen-bond acceptors (Lipinski definition) is 3. The average molecular weight is 383 g/mol. The van der Waals surface area contributed by atoms with Crippen LogP contribution in [0, 0.1) is 5.92 Å². The lowest BCUT2D eigenvalue weighted by atomic mass is 9.99. The van der Waals surface area contributed by atoms with Gasteiger partial charge in [0.15, 0.2) is 0 Å². The van der Waals surface area contributed by atoms with Crippen molar-refractivity contribution in [1.29, 1.82) is 0 Å². The number of hydrogen-bond donors (Lipinski definition) is 1. The first kappa shape index (κ1) is 20.2. The second-order valence-corrected chi connectivity index (χ2v) is 8.55. The van der Waals surface area contributed by atoms with Crippen LogP contribution in [0.2, 0.25) is 0 Å². The molecular weight excluding hydrogens is 356 g/mol. The van der Waals surface area contributed by atoms with Crippen molar-refractivity contribution in [3.05, 3.63) is 42.5 Å². The molecular formula is C19H27ClN2O2S. The molecule has 0 spiro atoms. The van der Waals surface area contributed by atoms with E-state index in [1.54, 1.807) is 12.1 Å². The Balaban J connectivity index is 0.00000225. The van der Waals surface area contributed by atoms with Crippen molar-refractivity contribution in [2.75, 3.05) is 26.2 Å². The van der Waals surface area contributed by atoms with E-state index in [1.165, 1.54) is 12.8 Å². The number of piperidine rings is 1. The van der Waals surface area contributed by atoms with E-state index in [1.807, 2.05) is 30.3 Å². The zero-order chi connectivity index (χ0) is 17.0. The summed E-state index contributed by atoms with van der Waals surface area (Å²) in [6.45, 7) is 6.03. The molecule has 0 amide bonds. The number of nitrogens with one attached hydrogen (secondary N) is 1. The molecule has 3 rings (SSSR count). The highest BCUT2D eigenvalue weighted by Gasteiger charge is 2.16. The van der Waals surface area contributed by atoms with Gasteiger partial charge in [-0.05, 0) is 67.7 Å². The highest BCUT2D eigenvalue weighted by atomic mass is 35.5. The van der Waals surface area contributed by atoms with Crippen LogP contribution in [0.25, 0.3) is 10.8 Å². The SMILES string of the molecule is CC1CCN(CCCNS(=O)(=O)c2ccc3ccccc3c2)CC1.Cl. The monoisotopic (exact) mass is 382 g/mol. The fourth-order valence-electron chi connectivity index (χ4n) is 3.21. The van der Waals surface area contributed by atoms with Crippen molar-refractivity contribution in [2.24, 2.45) is 5.92 Å². The Kier molecular flexibility index (Phi) is 7.25. The summed E-state index contributed by atoms with van der Waals surface area (Å²) in [6.07, 6.45) is 3.35. The van der Waals surface area contributed by atoms with Crippen LogP contribution in [0.3, 0.4) is 0 Å². The summed E-state index contributed by atoms with van der Waals surface area (Å²) < 4.78 is 27.6. The van der Waals surface area contributed by atoms with Gasteiger partial charge in [0.1, 0.15) is 0 Å². The fourth-order valence-corrected chi connectivity index (χ4v) is 4.32. The molecule has 1 aliphatic heterocycles. The number of sulfonamides is 1. The molecule has 0 aliphatic carbocycles. The minimum absolute atomic E-state index is 0. The van der Waals surface area contributed by atoms with Crippen LogP contribution < -0.4 is 4.72 Å². The third-order valence-corrected chi connectivity index (χ3v) is 6.31. The smallest absolute Gasteiger partial charge is 0.240 e. The topological polar surface area (TPSA) is 49.4 Å². The maximum Gasteiger partial charge on any atom is 0.240 e. The van der Waals surface area contributed by atoms with Crippen LogP contribution in [0.5, 0.6) is 0 Å². The number of halogens is 1. The van der Waals surface area contributed by atoms with Gasteiger partial charge < -0.3 is 4.90 Å². The lowest BCUT2D eigenvalue weighted by Crippen LogP contribution is -2.35. The minimum atomic E-state index is -3.43. The number of likely N-dealkylation sites (tertiary alicyclic amines) is 1. The molecule has 1 aliphatic rings. The van der Waals surface area contributed by atoms with Crippen molar-refractivity contribution >= 4 is 33.2 Å². The van der Waals surface area contributed by atoms with Gasteiger partial charge in [-0.15, -0.1) is 12.4 Å². The molecule has 0 unspecified atom stereocenters. The Bertz CT molecular complexity index is 787. The second kappa shape index (κ2) is 8.99. The largest absolute Gasteiger partial charge is 0.303 e. The quantitative estimate of drug-likeness (QED) is 0.775. The molecule has 0 atom stereocenters. The predicted octanol–water partition coefficient (Wildman–Crippen LogP) is 3.66. The van der Waals surface area contributed by atoms with Crippen LogP contribution in [-0.4, -0.2) is 39.5 Å². The van der Waals surface area contributed by atoms with Gasteiger partial charge in [0, 0.05) is 6.54 Å². The first-order chi connectivity index (χ1) is 11.5. The zero-order valence-corrected chi connectivity index (χ0v) is 16.3. The summed E-state index contributed by atoms with van der Waals surface area (Å²) in [7, 11) is -3.43. The summed E-state index contributed by atoms with van der Waals surface area (Å²) in [6, 6.07) is 13.1. The van der Waals surface area contributed by atoms with Gasteiger partial charge in [0.25, 0.3) is 0 Å². The Morgan fingerprint density at radius 1 is 1.08 bits per heavy atom. The van der Waals surface area contributed by atoms with Crippen LogP contribution in [0.1, 0.15) is 26.2 Å². The third kappa shape index (κ3) is 5.42. The molecule has 2 aromatic rings. The summed E-state index contributed by atoms with van der Waals surface area (Å²) >= 11 is 0. The molecule has 25 heavy (non-hydrogen) atoms.